The summed E-state index contributed by atoms with van der Waals surface area (Å²) in [4.78, 5) is 11.2. The molecule has 0 aromatic carbocycles. The summed E-state index contributed by atoms with van der Waals surface area (Å²) in [6.45, 7) is 1.76. The van der Waals surface area contributed by atoms with Crippen molar-refractivity contribution in [3.05, 3.63) is 0 Å². The Balaban J connectivity index is 1.73. The van der Waals surface area contributed by atoms with Gasteiger partial charge in [0.15, 0.2) is 0 Å². The molecule has 0 spiro atoms. The highest BCUT2D eigenvalue weighted by Gasteiger charge is 2.53. The third kappa shape index (κ3) is 1.17. The largest absolute Gasteiger partial charge is 0.300 e. The van der Waals surface area contributed by atoms with Gasteiger partial charge in [-0.1, -0.05) is 6.42 Å². The van der Waals surface area contributed by atoms with Gasteiger partial charge in [0.25, 0.3) is 0 Å². The number of rotatable bonds is 2. The highest BCUT2D eigenvalue weighted by molar-refractivity contribution is 5.75. The van der Waals surface area contributed by atoms with Gasteiger partial charge in [-0.3, -0.25) is 0 Å². The van der Waals surface area contributed by atoms with Crippen molar-refractivity contribution in [2.24, 2.45) is 29.6 Å². The summed E-state index contributed by atoms with van der Waals surface area (Å²) in [6, 6.07) is 0. The molecule has 0 radical (unpaired) electrons. The summed E-state index contributed by atoms with van der Waals surface area (Å²) in [6.07, 6.45) is 8.16. The molecule has 2 bridgehead atoms. The zero-order chi connectivity index (χ0) is 9.71. The molecule has 0 aliphatic heterocycles. The van der Waals surface area contributed by atoms with Crippen LogP contribution in [0.5, 0.6) is 0 Å². The molecule has 14 heavy (non-hydrogen) atoms. The van der Waals surface area contributed by atoms with Crippen molar-refractivity contribution in [2.75, 3.05) is 0 Å². The second kappa shape index (κ2) is 3.08. The van der Waals surface area contributed by atoms with E-state index in [1.54, 1.807) is 6.92 Å². The third-order valence-corrected chi connectivity index (χ3v) is 5.12. The molecule has 0 heterocycles. The van der Waals surface area contributed by atoms with E-state index >= 15 is 0 Å². The average Bonchev–Trinajstić information content (AvgIpc) is 2.68. The first kappa shape index (κ1) is 8.94. The van der Waals surface area contributed by atoms with Crippen LogP contribution in [0.1, 0.15) is 45.4 Å². The van der Waals surface area contributed by atoms with E-state index < -0.39 is 0 Å². The second-order valence-electron chi connectivity index (χ2n) is 5.82. The molecule has 0 aromatic rings. The molecule has 78 valence electrons. The lowest BCUT2D eigenvalue weighted by Crippen LogP contribution is -2.25. The lowest BCUT2D eigenvalue weighted by Gasteiger charge is -2.30. The maximum Gasteiger partial charge on any atom is 0.130 e. The van der Waals surface area contributed by atoms with Gasteiger partial charge >= 0.3 is 0 Å². The molecule has 3 fully saturated rings. The molecule has 3 aliphatic carbocycles. The van der Waals surface area contributed by atoms with Crippen LogP contribution >= 0.6 is 0 Å². The van der Waals surface area contributed by atoms with Crippen LogP contribution in [0, 0.1) is 29.6 Å². The van der Waals surface area contributed by atoms with Gasteiger partial charge in [-0.05, 0) is 62.2 Å². The van der Waals surface area contributed by atoms with E-state index in [9.17, 15) is 4.79 Å². The monoisotopic (exact) mass is 192 g/mol. The summed E-state index contributed by atoms with van der Waals surface area (Å²) in [5, 5.41) is 0. The normalized spacial score (nSPS) is 49.6. The van der Waals surface area contributed by atoms with Crippen LogP contribution in [0.25, 0.3) is 0 Å². The molecule has 3 aliphatic rings. The van der Waals surface area contributed by atoms with E-state index in [0.29, 0.717) is 5.78 Å². The van der Waals surface area contributed by atoms with E-state index in [4.69, 9.17) is 0 Å². The molecular weight excluding hydrogens is 172 g/mol. The van der Waals surface area contributed by atoms with E-state index in [1.165, 1.54) is 32.1 Å². The number of hydrogen-bond donors (Lipinski definition) is 0. The SMILES string of the molecule is CC(=O)CC1CC2CC1C1CCCC21. The molecular formula is C13H20O. The zero-order valence-corrected chi connectivity index (χ0v) is 9.04. The Labute approximate surface area is 86.3 Å². The molecule has 1 nitrogen and oxygen atoms in total. The number of fused-ring (bicyclic) bond motifs is 5. The fraction of sp³-hybridized carbons (Fsp3) is 0.923. The second-order valence-corrected chi connectivity index (χ2v) is 5.82. The van der Waals surface area contributed by atoms with Crippen LogP contribution in [-0.4, -0.2) is 5.78 Å². The molecule has 5 atom stereocenters. The van der Waals surface area contributed by atoms with Crippen molar-refractivity contribution in [3.63, 3.8) is 0 Å². The van der Waals surface area contributed by atoms with Gasteiger partial charge in [0.05, 0.1) is 0 Å². The smallest absolute Gasteiger partial charge is 0.130 e. The van der Waals surface area contributed by atoms with Gasteiger partial charge in [0.1, 0.15) is 5.78 Å². The summed E-state index contributed by atoms with van der Waals surface area (Å²) < 4.78 is 0. The maximum atomic E-state index is 11.2. The molecule has 1 heteroatoms. The molecule has 5 unspecified atom stereocenters. The number of ketones is 1. The number of hydrogen-bond acceptors (Lipinski definition) is 1. The Morgan fingerprint density at radius 3 is 2.71 bits per heavy atom. The van der Waals surface area contributed by atoms with Crippen LogP contribution in [-0.2, 0) is 4.79 Å². The maximum absolute atomic E-state index is 11.2. The first-order valence-corrected chi connectivity index (χ1v) is 6.25. The summed E-state index contributed by atoms with van der Waals surface area (Å²) >= 11 is 0. The molecule has 0 N–H and O–H groups in total. The van der Waals surface area contributed by atoms with Gasteiger partial charge in [0, 0.05) is 6.42 Å². The van der Waals surface area contributed by atoms with Gasteiger partial charge in [-0.2, -0.15) is 0 Å². The highest BCUT2D eigenvalue weighted by Crippen LogP contribution is 2.61. The lowest BCUT2D eigenvalue weighted by molar-refractivity contribution is -0.118. The fourth-order valence-corrected chi connectivity index (χ4v) is 4.81. The van der Waals surface area contributed by atoms with Crippen molar-refractivity contribution >= 4 is 5.78 Å². The third-order valence-electron chi connectivity index (χ3n) is 5.12. The van der Waals surface area contributed by atoms with Gasteiger partial charge in [0.2, 0.25) is 0 Å². The molecule has 0 saturated heterocycles. The number of carbonyl (C=O) groups excluding carboxylic acids is 1. The topological polar surface area (TPSA) is 17.1 Å². The predicted octanol–water partition coefficient (Wildman–Crippen LogP) is 3.04. The first-order valence-electron chi connectivity index (χ1n) is 6.25. The Hall–Kier alpha value is -0.330. The quantitative estimate of drug-likeness (QED) is 0.657. The van der Waals surface area contributed by atoms with Crippen molar-refractivity contribution in [2.45, 2.75) is 45.4 Å². The number of Topliss-reactive ketones (excluding diaryl/α,β-unsaturated/α-hetero) is 1. The van der Waals surface area contributed by atoms with Crippen LogP contribution in [0.3, 0.4) is 0 Å². The van der Waals surface area contributed by atoms with Gasteiger partial charge in [-0.25, -0.2) is 0 Å². The Morgan fingerprint density at radius 1 is 1.14 bits per heavy atom. The average molecular weight is 192 g/mol. The minimum Gasteiger partial charge on any atom is -0.300 e. The molecule has 3 saturated carbocycles. The molecule has 3 rings (SSSR count). The minimum atomic E-state index is 0.414. The van der Waals surface area contributed by atoms with E-state index in [-0.39, 0.29) is 0 Å². The minimum absolute atomic E-state index is 0.414. The molecule has 0 aromatic heterocycles. The zero-order valence-electron chi connectivity index (χ0n) is 9.04. The Kier molecular flexibility index (Phi) is 1.97. The van der Waals surface area contributed by atoms with E-state index in [1.807, 2.05) is 0 Å². The summed E-state index contributed by atoms with van der Waals surface area (Å²) in [5.74, 6) is 5.24. The predicted molar refractivity (Wildman–Crippen MR) is 55.8 cm³/mol. The van der Waals surface area contributed by atoms with Crippen molar-refractivity contribution < 1.29 is 4.79 Å². The molecule has 0 amide bonds. The van der Waals surface area contributed by atoms with E-state index in [2.05, 4.69) is 0 Å². The Morgan fingerprint density at radius 2 is 1.93 bits per heavy atom. The highest BCUT2D eigenvalue weighted by atomic mass is 16.1. The lowest BCUT2D eigenvalue weighted by atomic mass is 9.74. The standard InChI is InChI=1S/C13H20O/c1-8(14)5-9-6-10-7-13(9)12-4-2-3-11(10)12/h9-13H,2-7H2,1H3. The van der Waals surface area contributed by atoms with Crippen molar-refractivity contribution in [1.82, 2.24) is 0 Å². The van der Waals surface area contributed by atoms with Gasteiger partial charge < -0.3 is 4.79 Å². The van der Waals surface area contributed by atoms with Crippen molar-refractivity contribution in [1.29, 1.82) is 0 Å². The summed E-state index contributed by atoms with van der Waals surface area (Å²) in [5.41, 5.74) is 0. The van der Waals surface area contributed by atoms with Crippen LogP contribution in [0.15, 0.2) is 0 Å². The van der Waals surface area contributed by atoms with Gasteiger partial charge in [-0.15, -0.1) is 0 Å². The summed E-state index contributed by atoms with van der Waals surface area (Å²) in [7, 11) is 0. The van der Waals surface area contributed by atoms with Crippen LogP contribution in [0.2, 0.25) is 0 Å². The van der Waals surface area contributed by atoms with Crippen LogP contribution in [0.4, 0.5) is 0 Å². The van der Waals surface area contributed by atoms with Crippen molar-refractivity contribution in [3.8, 4) is 0 Å². The Bertz CT molecular complexity index is 258. The first-order chi connectivity index (χ1) is 6.75. The number of carbonyl (C=O) groups is 1. The fourth-order valence-electron chi connectivity index (χ4n) is 4.81. The van der Waals surface area contributed by atoms with Crippen LogP contribution < -0.4 is 0 Å². The van der Waals surface area contributed by atoms with E-state index in [0.717, 1.165) is 36.0 Å².